The largest absolute Gasteiger partial charge is 0.348 e. The molecule has 0 heterocycles. The fourth-order valence-corrected chi connectivity index (χ4v) is 2.25. The first-order chi connectivity index (χ1) is 4.93. The SMILES string of the molecule is CCN(CC)C(=O)[Si](C)(C)C. The number of carbonyl (C=O) groups is 1. The Labute approximate surface area is 70.6 Å². The molecule has 0 aliphatic heterocycles. The minimum absolute atomic E-state index is 0.377. The van der Waals surface area contributed by atoms with Crippen molar-refractivity contribution in [3.05, 3.63) is 0 Å². The first-order valence-corrected chi connectivity index (χ1v) is 7.72. The summed E-state index contributed by atoms with van der Waals surface area (Å²) < 4.78 is 0. The zero-order valence-corrected chi connectivity index (χ0v) is 9.27. The van der Waals surface area contributed by atoms with E-state index < -0.39 is 8.07 Å². The lowest BCUT2D eigenvalue weighted by Gasteiger charge is -2.25. The third-order valence-corrected chi connectivity index (χ3v) is 3.29. The van der Waals surface area contributed by atoms with Gasteiger partial charge in [0.25, 0.3) is 0 Å². The molecule has 0 saturated carbocycles. The maximum absolute atomic E-state index is 11.6. The van der Waals surface area contributed by atoms with Crippen molar-refractivity contribution in [1.29, 1.82) is 0 Å². The molecule has 2 nitrogen and oxygen atoms in total. The highest BCUT2D eigenvalue weighted by Gasteiger charge is 2.27. The van der Waals surface area contributed by atoms with Gasteiger partial charge in [0.15, 0.2) is 13.6 Å². The van der Waals surface area contributed by atoms with Gasteiger partial charge in [0.1, 0.15) is 0 Å². The summed E-state index contributed by atoms with van der Waals surface area (Å²) in [4.78, 5) is 13.5. The van der Waals surface area contributed by atoms with Gasteiger partial charge in [0.2, 0.25) is 0 Å². The van der Waals surface area contributed by atoms with E-state index in [0.29, 0.717) is 5.53 Å². The van der Waals surface area contributed by atoms with Gasteiger partial charge in [-0.25, -0.2) is 0 Å². The second-order valence-electron chi connectivity index (χ2n) is 3.73. The highest BCUT2D eigenvalue weighted by Crippen LogP contribution is 2.07. The Balaban J connectivity index is 4.22. The van der Waals surface area contributed by atoms with E-state index in [1.165, 1.54) is 0 Å². The standard InChI is InChI=1S/C8H19NOSi/c1-6-9(7-2)8(10)11(3,4)5/h6-7H2,1-5H3. The molecule has 0 aliphatic carbocycles. The zero-order chi connectivity index (χ0) is 9.07. The number of carbonyl (C=O) groups excluding carboxylic acids is 1. The average molecular weight is 173 g/mol. The number of hydrogen-bond acceptors (Lipinski definition) is 1. The molecule has 0 aromatic carbocycles. The van der Waals surface area contributed by atoms with Crippen molar-refractivity contribution >= 4 is 13.6 Å². The molecule has 1 amide bonds. The van der Waals surface area contributed by atoms with Crippen LogP contribution in [0.1, 0.15) is 13.8 Å². The number of hydrogen-bond donors (Lipinski definition) is 0. The van der Waals surface area contributed by atoms with Crippen molar-refractivity contribution < 1.29 is 4.79 Å². The number of rotatable bonds is 3. The van der Waals surface area contributed by atoms with Gasteiger partial charge in [-0.3, -0.25) is 4.79 Å². The summed E-state index contributed by atoms with van der Waals surface area (Å²) in [6.07, 6.45) is 0. The molecular weight excluding hydrogens is 154 g/mol. The lowest BCUT2D eigenvalue weighted by molar-refractivity contribution is 0.225. The molecule has 0 radical (unpaired) electrons. The Morgan fingerprint density at radius 3 is 1.64 bits per heavy atom. The molecule has 0 saturated heterocycles. The fourth-order valence-electron chi connectivity index (χ4n) is 0.985. The molecule has 0 atom stereocenters. The van der Waals surface area contributed by atoms with Crippen LogP contribution in [0.4, 0.5) is 4.79 Å². The molecule has 0 aromatic rings. The summed E-state index contributed by atoms with van der Waals surface area (Å²) in [5.74, 6) is 0. The average Bonchev–Trinajstić information content (AvgIpc) is 1.88. The van der Waals surface area contributed by atoms with Gasteiger partial charge in [-0.15, -0.1) is 0 Å². The molecule has 0 aromatic heterocycles. The minimum atomic E-state index is -1.58. The minimum Gasteiger partial charge on any atom is -0.348 e. The Bertz CT molecular complexity index is 136. The van der Waals surface area contributed by atoms with E-state index in [9.17, 15) is 4.79 Å². The molecule has 0 N–H and O–H groups in total. The van der Waals surface area contributed by atoms with E-state index in [4.69, 9.17) is 0 Å². The van der Waals surface area contributed by atoms with Crippen molar-refractivity contribution in [2.24, 2.45) is 0 Å². The van der Waals surface area contributed by atoms with Crippen LogP contribution >= 0.6 is 0 Å². The molecule has 0 unspecified atom stereocenters. The molecule has 0 fully saturated rings. The Morgan fingerprint density at radius 1 is 1.18 bits per heavy atom. The van der Waals surface area contributed by atoms with Gasteiger partial charge in [0, 0.05) is 13.1 Å². The fraction of sp³-hybridized carbons (Fsp3) is 0.875. The van der Waals surface area contributed by atoms with Crippen molar-refractivity contribution in [3.63, 3.8) is 0 Å². The molecule has 66 valence electrons. The summed E-state index contributed by atoms with van der Waals surface area (Å²) in [6, 6.07) is 0. The zero-order valence-electron chi connectivity index (χ0n) is 8.27. The summed E-state index contributed by atoms with van der Waals surface area (Å²) in [5, 5.41) is 0. The first-order valence-electron chi connectivity index (χ1n) is 4.22. The van der Waals surface area contributed by atoms with E-state index in [2.05, 4.69) is 19.6 Å². The smallest absolute Gasteiger partial charge is 0.194 e. The molecule has 0 bridgehead atoms. The van der Waals surface area contributed by atoms with Crippen LogP contribution in [0.5, 0.6) is 0 Å². The van der Waals surface area contributed by atoms with Crippen LogP contribution in [0.25, 0.3) is 0 Å². The van der Waals surface area contributed by atoms with Crippen LogP contribution < -0.4 is 0 Å². The molecule has 0 rings (SSSR count). The van der Waals surface area contributed by atoms with Crippen molar-refractivity contribution in [3.8, 4) is 0 Å². The van der Waals surface area contributed by atoms with Crippen LogP contribution in [-0.2, 0) is 0 Å². The quantitative estimate of drug-likeness (QED) is 0.600. The summed E-state index contributed by atoms with van der Waals surface area (Å²) >= 11 is 0. The topological polar surface area (TPSA) is 20.3 Å². The van der Waals surface area contributed by atoms with E-state index in [0.717, 1.165) is 13.1 Å². The van der Waals surface area contributed by atoms with Crippen LogP contribution in [0, 0.1) is 0 Å². The van der Waals surface area contributed by atoms with Crippen LogP contribution in [0.3, 0.4) is 0 Å². The van der Waals surface area contributed by atoms with E-state index in [1.807, 2.05) is 18.7 Å². The van der Waals surface area contributed by atoms with Crippen molar-refractivity contribution in [2.45, 2.75) is 33.5 Å². The molecule has 0 spiro atoms. The molecule has 0 aliphatic rings. The van der Waals surface area contributed by atoms with Crippen LogP contribution in [0.15, 0.2) is 0 Å². The lowest BCUT2D eigenvalue weighted by atomic mass is 10.6. The normalized spacial score (nSPS) is 11.4. The first kappa shape index (κ1) is 10.7. The highest BCUT2D eigenvalue weighted by atomic mass is 28.3. The predicted octanol–water partition coefficient (Wildman–Crippen LogP) is 2.37. The maximum Gasteiger partial charge on any atom is 0.194 e. The predicted molar refractivity (Wildman–Crippen MR) is 51.7 cm³/mol. The number of amides is 1. The number of nitrogens with zero attached hydrogens (tertiary/aromatic N) is 1. The Kier molecular flexibility index (Phi) is 3.79. The Hall–Kier alpha value is -0.313. The molecule has 3 heteroatoms. The third kappa shape index (κ3) is 3.06. The highest BCUT2D eigenvalue weighted by molar-refractivity contribution is 7.03. The maximum atomic E-state index is 11.6. The van der Waals surface area contributed by atoms with E-state index >= 15 is 0 Å². The van der Waals surface area contributed by atoms with Gasteiger partial charge in [-0.2, -0.15) is 0 Å². The van der Waals surface area contributed by atoms with Gasteiger partial charge >= 0.3 is 0 Å². The van der Waals surface area contributed by atoms with Crippen molar-refractivity contribution in [1.82, 2.24) is 4.90 Å². The van der Waals surface area contributed by atoms with Gasteiger partial charge in [-0.1, -0.05) is 19.6 Å². The van der Waals surface area contributed by atoms with Crippen LogP contribution in [0.2, 0.25) is 19.6 Å². The van der Waals surface area contributed by atoms with Crippen LogP contribution in [-0.4, -0.2) is 31.6 Å². The van der Waals surface area contributed by atoms with Gasteiger partial charge in [0.05, 0.1) is 0 Å². The van der Waals surface area contributed by atoms with Gasteiger partial charge in [-0.05, 0) is 13.8 Å². The Morgan fingerprint density at radius 2 is 1.55 bits per heavy atom. The van der Waals surface area contributed by atoms with Crippen molar-refractivity contribution in [2.75, 3.05) is 13.1 Å². The summed E-state index contributed by atoms with van der Waals surface area (Å²) in [7, 11) is -1.58. The van der Waals surface area contributed by atoms with Gasteiger partial charge < -0.3 is 4.90 Å². The summed E-state index contributed by atoms with van der Waals surface area (Å²) in [6.45, 7) is 12.0. The van der Waals surface area contributed by atoms with E-state index in [1.54, 1.807) is 0 Å². The third-order valence-electron chi connectivity index (χ3n) is 1.69. The monoisotopic (exact) mass is 173 g/mol. The summed E-state index contributed by atoms with van der Waals surface area (Å²) in [5.41, 5.74) is 0.377. The lowest BCUT2D eigenvalue weighted by Crippen LogP contribution is -2.45. The second kappa shape index (κ2) is 3.90. The van der Waals surface area contributed by atoms with E-state index in [-0.39, 0.29) is 0 Å². The second-order valence-corrected chi connectivity index (χ2v) is 8.66. The molecular formula is C8H19NOSi. The molecule has 11 heavy (non-hydrogen) atoms.